The average molecular weight is 506 g/mol. The van der Waals surface area contributed by atoms with Crippen LogP contribution >= 0.6 is 0 Å². The summed E-state index contributed by atoms with van der Waals surface area (Å²) in [5.41, 5.74) is 1.64. The summed E-state index contributed by atoms with van der Waals surface area (Å²) >= 11 is 0. The molecule has 0 aliphatic heterocycles. The Kier molecular flexibility index (Phi) is 8.48. The number of ketones is 1. The molecule has 3 atom stereocenters. The predicted molar refractivity (Wildman–Crippen MR) is 144 cm³/mol. The predicted octanol–water partition coefficient (Wildman–Crippen LogP) is 4.92. The Labute approximate surface area is 217 Å². The molecule has 1 fully saturated rings. The minimum atomic E-state index is -0.699. The number of likely N-dealkylation sites (N-methyl/N-ethyl adjacent to an activating group) is 1. The van der Waals surface area contributed by atoms with Crippen molar-refractivity contribution in [1.29, 1.82) is 5.41 Å². The van der Waals surface area contributed by atoms with Gasteiger partial charge in [0.2, 0.25) is 5.91 Å². The topological polar surface area (TPSA) is 99.9 Å². The molecule has 1 aliphatic rings. The molecule has 1 amide bonds. The SMILES string of the molecule is CC[C@H](C(=N)C(=O)[C@@H](NC(=O)[C@H](C)NC)C1CCCCC1)c1ccnc(-n2ccc3cc(F)ccc32)c1. The zero-order chi connectivity index (χ0) is 26.5. The number of nitrogens with zero attached hydrogens (tertiary/aromatic N) is 2. The Morgan fingerprint density at radius 3 is 2.62 bits per heavy atom. The number of pyridine rings is 1. The number of fused-ring (bicyclic) bond motifs is 1. The van der Waals surface area contributed by atoms with E-state index in [1.165, 1.54) is 12.1 Å². The van der Waals surface area contributed by atoms with E-state index < -0.39 is 18.0 Å². The Hall–Kier alpha value is -3.39. The van der Waals surface area contributed by atoms with E-state index in [9.17, 15) is 14.0 Å². The minimum Gasteiger partial charge on any atom is -0.344 e. The number of aromatic nitrogens is 2. The van der Waals surface area contributed by atoms with Crippen LogP contribution in [0.4, 0.5) is 4.39 Å². The van der Waals surface area contributed by atoms with Crippen molar-refractivity contribution < 1.29 is 14.0 Å². The quantitative estimate of drug-likeness (QED) is 0.341. The van der Waals surface area contributed by atoms with Crippen molar-refractivity contribution in [2.75, 3.05) is 7.05 Å². The van der Waals surface area contributed by atoms with E-state index in [1.807, 2.05) is 35.9 Å². The summed E-state index contributed by atoms with van der Waals surface area (Å²) in [7, 11) is 1.71. The largest absolute Gasteiger partial charge is 0.344 e. The molecule has 1 aliphatic carbocycles. The molecule has 1 aromatic carbocycles. The van der Waals surface area contributed by atoms with Crippen LogP contribution in [0.15, 0.2) is 48.8 Å². The Bertz CT molecular complexity index is 1280. The molecule has 2 aromatic heterocycles. The van der Waals surface area contributed by atoms with E-state index >= 15 is 0 Å². The van der Waals surface area contributed by atoms with Gasteiger partial charge in [-0.3, -0.25) is 9.59 Å². The van der Waals surface area contributed by atoms with Crippen LogP contribution in [0.25, 0.3) is 16.7 Å². The van der Waals surface area contributed by atoms with Crippen LogP contribution in [0.5, 0.6) is 0 Å². The highest BCUT2D eigenvalue weighted by molar-refractivity contribution is 6.42. The lowest BCUT2D eigenvalue weighted by atomic mass is 9.78. The number of benzene rings is 1. The highest BCUT2D eigenvalue weighted by Gasteiger charge is 2.36. The fraction of sp³-hybridized carbons (Fsp3) is 0.448. The normalized spacial score (nSPS) is 16.8. The molecule has 0 radical (unpaired) electrons. The summed E-state index contributed by atoms with van der Waals surface area (Å²) in [4.78, 5) is 31.0. The van der Waals surface area contributed by atoms with Crippen molar-refractivity contribution in [3.8, 4) is 5.82 Å². The van der Waals surface area contributed by atoms with Crippen molar-refractivity contribution in [2.45, 2.75) is 70.4 Å². The third kappa shape index (κ3) is 5.80. The number of rotatable bonds is 10. The van der Waals surface area contributed by atoms with Crippen LogP contribution in [0.2, 0.25) is 0 Å². The van der Waals surface area contributed by atoms with Gasteiger partial charge in [-0.15, -0.1) is 0 Å². The number of amides is 1. The van der Waals surface area contributed by atoms with Gasteiger partial charge in [0.05, 0.1) is 23.3 Å². The van der Waals surface area contributed by atoms with Gasteiger partial charge in [0.1, 0.15) is 11.6 Å². The first-order valence-corrected chi connectivity index (χ1v) is 13.2. The molecular weight excluding hydrogens is 469 g/mol. The number of carbonyl (C=O) groups excluding carboxylic acids is 2. The Morgan fingerprint density at radius 2 is 1.92 bits per heavy atom. The molecule has 7 nitrogen and oxygen atoms in total. The van der Waals surface area contributed by atoms with Crippen LogP contribution in [0.3, 0.4) is 0 Å². The van der Waals surface area contributed by atoms with Crippen LogP contribution < -0.4 is 10.6 Å². The molecule has 8 heteroatoms. The van der Waals surface area contributed by atoms with Crippen molar-refractivity contribution in [1.82, 2.24) is 20.2 Å². The molecule has 37 heavy (non-hydrogen) atoms. The van der Waals surface area contributed by atoms with Crippen LogP contribution in [0.1, 0.15) is 63.9 Å². The molecule has 0 unspecified atom stereocenters. The van der Waals surface area contributed by atoms with Gasteiger partial charge < -0.3 is 20.6 Å². The third-order valence-electron chi connectivity index (χ3n) is 7.62. The standard InChI is InChI=1S/C29H36FN5O2/c1-4-23(20-12-14-33-25(17-20)35-15-13-21-16-22(30)10-11-24(21)35)26(31)28(36)27(19-8-6-5-7-9-19)34-29(37)18(2)32-3/h10-19,23,27,31-32H,4-9H2,1-3H3,(H,34,37)/t18-,23-,27-/m0/s1. The lowest BCUT2D eigenvalue weighted by Crippen LogP contribution is -2.53. The first-order chi connectivity index (χ1) is 17.8. The monoisotopic (exact) mass is 505 g/mol. The van der Waals surface area contributed by atoms with E-state index in [1.54, 1.807) is 26.2 Å². The summed E-state index contributed by atoms with van der Waals surface area (Å²) in [6.45, 7) is 3.72. The number of Topliss-reactive ketones (excluding diaryl/α,β-unsaturated/α-hetero) is 1. The second-order valence-electron chi connectivity index (χ2n) is 9.97. The van der Waals surface area contributed by atoms with Gasteiger partial charge >= 0.3 is 0 Å². The average Bonchev–Trinajstić information content (AvgIpc) is 3.34. The zero-order valence-electron chi connectivity index (χ0n) is 21.8. The first kappa shape index (κ1) is 26.7. The molecule has 0 bridgehead atoms. The summed E-state index contributed by atoms with van der Waals surface area (Å²) in [6.07, 6.45) is 9.00. The van der Waals surface area contributed by atoms with Crippen molar-refractivity contribution >= 4 is 28.3 Å². The van der Waals surface area contributed by atoms with Crippen LogP contribution in [-0.2, 0) is 9.59 Å². The maximum atomic E-state index is 13.8. The molecule has 0 spiro atoms. The number of carbonyl (C=O) groups is 2. The maximum absolute atomic E-state index is 13.8. The minimum absolute atomic E-state index is 0.00655. The molecular formula is C29H36FN5O2. The van der Waals surface area contributed by atoms with Crippen LogP contribution in [-0.4, -0.2) is 46.1 Å². The molecule has 4 rings (SSSR count). The molecule has 2 heterocycles. The van der Waals surface area contributed by atoms with E-state index in [2.05, 4.69) is 15.6 Å². The number of hydrogen-bond acceptors (Lipinski definition) is 5. The lowest BCUT2D eigenvalue weighted by molar-refractivity contribution is -0.127. The van der Waals surface area contributed by atoms with Gasteiger partial charge in [0.15, 0.2) is 5.78 Å². The van der Waals surface area contributed by atoms with E-state index in [0.717, 1.165) is 48.6 Å². The highest BCUT2D eigenvalue weighted by Crippen LogP contribution is 2.30. The molecule has 196 valence electrons. The van der Waals surface area contributed by atoms with Gasteiger partial charge in [0, 0.05) is 23.7 Å². The molecule has 1 saturated carbocycles. The zero-order valence-corrected chi connectivity index (χ0v) is 21.8. The maximum Gasteiger partial charge on any atom is 0.237 e. The second-order valence-corrected chi connectivity index (χ2v) is 9.97. The van der Waals surface area contributed by atoms with E-state index in [4.69, 9.17) is 5.41 Å². The van der Waals surface area contributed by atoms with Gasteiger partial charge in [-0.2, -0.15) is 0 Å². The van der Waals surface area contributed by atoms with E-state index in [-0.39, 0.29) is 29.1 Å². The molecule has 0 saturated heterocycles. The number of hydrogen-bond donors (Lipinski definition) is 3. The highest BCUT2D eigenvalue weighted by atomic mass is 19.1. The van der Waals surface area contributed by atoms with E-state index in [0.29, 0.717) is 12.2 Å². The van der Waals surface area contributed by atoms with Crippen molar-refractivity contribution in [2.24, 2.45) is 5.92 Å². The number of nitrogens with one attached hydrogen (secondary N) is 3. The molecule has 3 N–H and O–H groups in total. The van der Waals surface area contributed by atoms with Crippen molar-refractivity contribution in [3.63, 3.8) is 0 Å². The third-order valence-corrected chi connectivity index (χ3v) is 7.62. The summed E-state index contributed by atoms with van der Waals surface area (Å²) < 4.78 is 15.5. The Balaban J connectivity index is 1.62. The van der Waals surface area contributed by atoms with Gasteiger partial charge in [-0.25, -0.2) is 9.37 Å². The van der Waals surface area contributed by atoms with Gasteiger partial charge in [-0.1, -0.05) is 26.2 Å². The summed E-state index contributed by atoms with van der Waals surface area (Å²) in [5.74, 6) is -0.596. The van der Waals surface area contributed by atoms with Crippen molar-refractivity contribution in [3.05, 3.63) is 60.2 Å². The summed E-state index contributed by atoms with van der Waals surface area (Å²) in [6, 6.07) is 9.04. The summed E-state index contributed by atoms with van der Waals surface area (Å²) in [5, 5.41) is 15.6. The number of halogens is 1. The van der Waals surface area contributed by atoms with Crippen LogP contribution in [0, 0.1) is 17.1 Å². The second kappa shape index (κ2) is 11.8. The lowest BCUT2D eigenvalue weighted by Gasteiger charge is -2.32. The van der Waals surface area contributed by atoms with Gasteiger partial charge in [-0.05, 0) is 81.1 Å². The smallest absolute Gasteiger partial charge is 0.237 e. The molecule has 3 aromatic rings. The fourth-order valence-electron chi connectivity index (χ4n) is 5.32. The first-order valence-electron chi connectivity index (χ1n) is 13.2. The van der Waals surface area contributed by atoms with Gasteiger partial charge in [0.25, 0.3) is 0 Å². The fourth-order valence-corrected chi connectivity index (χ4v) is 5.32. The Morgan fingerprint density at radius 1 is 1.16 bits per heavy atom.